The van der Waals surface area contributed by atoms with E-state index in [4.69, 9.17) is 0 Å². The summed E-state index contributed by atoms with van der Waals surface area (Å²) in [6.07, 6.45) is 0.432. The molecular formula is C30H20F3N5O. The van der Waals surface area contributed by atoms with Crippen molar-refractivity contribution in [1.82, 2.24) is 9.97 Å². The third kappa shape index (κ3) is 6.70. The van der Waals surface area contributed by atoms with Gasteiger partial charge in [0.15, 0.2) is 0 Å². The molecule has 39 heavy (non-hydrogen) atoms. The average molecular weight is 524 g/mol. The molecule has 0 saturated carbocycles. The Morgan fingerprint density at radius 3 is 2.08 bits per heavy atom. The van der Waals surface area contributed by atoms with Gasteiger partial charge in [-0.3, -0.25) is 14.8 Å². The zero-order valence-electron chi connectivity index (χ0n) is 20.3. The molecular weight excluding hydrogens is 503 g/mol. The van der Waals surface area contributed by atoms with Gasteiger partial charge in [-0.15, -0.1) is 0 Å². The van der Waals surface area contributed by atoms with E-state index < -0.39 is 6.18 Å². The average Bonchev–Trinajstić information content (AvgIpc) is 2.94. The topological polar surface area (TPSA) is 78.9 Å². The zero-order valence-corrected chi connectivity index (χ0v) is 20.3. The van der Waals surface area contributed by atoms with Crippen LogP contribution in [-0.2, 0) is 0 Å². The van der Waals surface area contributed by atoms with E-state index in [-0.39, 0.29) is 11.5 Å². The summed E-state index contributed by atoms with van der Waals surface area (Å²) in [6, 6.07) is 24.3. The largest absolute Gasteiger partial charge is 0.458 e. The highest BCUT2D eigenvalue weighted by molar-refractivity contribution is 6.04. The van der Waals surface area contributed by atoms with Gasteiger partial charge in [-0.2, -0.15) is 13.2 Å². The van der Waals surface area contributed by atoms with Crippen molar-refractivity contribution < 1.29 is 18.0 Å². The molecule has 0 radical (unpaired) electrons. The first-order chi connectivity index (χ1) is 18.8. The molecule has 5 rings (SSSR count). The van der Waals surface area contributed by atoms with Gasteiger partial charge in [0, 0.05) is 69.5 Å². The summed E-state index contributed by atoms with van der Waals surface area (Å²) in [5.74, 6) is 3.16. The van der Waals surface area contributed by atoms with E-state index in [1.807, 2.05) is 24.3 Å². The van der Waals surface area contributed by atoms with Crippen LogP contribution in [0.2, 0.25) is 0 Å². The number of hydrogen-bond acceptors (Lipinski definition) is 5. The van der Waals surface area contributed by atoms with Crippen LogP contribution in [0.15, 0.2) is 104 Å². The van der Waals surface area contributed by atoms with Crippen LogP contribution >= 0.6 is 0 Å². The summed E-state index contributed by atoms with van der Waals surface area (Å²) in [4.78, 5) is 21.0. The second-order valence-electron chi connectivity index (χ2n) is 8.43. The van der Waals surface area contributed by atoms with E-state index in [0.29, 0.717) is 33.5 Å². The molecule has 0 aliphatic heterocycles. The lowest BCUT2D eigenvalue weighted by atomic mass is 10.1. The third-order valence-electron chi connectivity index (χ3n) is 5.63. The number of pyridine rings is 2. The number of nitrogens with zero attached hydrogens (tertiary/aromatic N) is 2. The van der Waals surface area contributed by atoms with E-state index in [2.05, 4.69) is 31.8 Å². The predicted octanol–water partition coefficient (Wildman–Crippen LogP) is 7.28. The number of halogens is 3. The zero-order chi connectivity index (χ0) is 27.2. The van der Waals surface area contributed by atoms with Crippen LogP contribution in [0.1, 0.15) is 15.9 Å². The fourth-order valence-corrected chi connectivity index (χ4v) is 3.78. The van der Waals surface area contributed by atoms with Crippen LogP contribution < -0.4 is 16.0 Å². The van der Waals surface area contributed by atoms with Crippen LogP contribution in [0.3, 0.4) is 0 Å². The first-order valence-electron chi connectivity index (χ1n) is 11.8. The Labute approximate surface area is 221 Å². The number of fused-ring (bicyclic) bond motifs is 1. The van der Waals surface area contributed by atoms with E-state index >= 15 is 0 Å². The van der Waals surface area contributed by atoms with Crippen molar-refractivity contribution in [2.45, 2.75) is 6.18 Å². The number of alkyl halides is 3. The highest BCUT2D eigenvalue weighted by atomic mass is 19.4. The maximum absolute atomic E-state index is 12.7. The van der Waals surface area contributed by atoms with Gasteiger partial charge >= 0.3 is 6.18 Å². The SMILES string of the molecule is O=C(Nc1ccc(Nc2ccncc2)cc1)c1ccc(Nc2ccnc3ccc(C#CC(F)(F)F)cc23)cc1. The first-order valence-corrected chi connectivity index (χ1v) is 11.8. The molecule has 2 aromatic heterocycles. The van der Waals surface area contributed by atoms with Gasteiger partial charge in [0.2, 0.25) is 0 Å². The molecule has 0 bridgehead atoms. The smallest absolute Gasteiger partial charge is 0.355 e. The Bertz CT molecular complexity index is 1670. The molecule has 3 aromatic carbocycles. The molecule has 0 unspecified atom stereocenters. The maximum Gasteiger partial charge on any atom is 0.458 e. The van der Waals surface area contributed by atoms with Crippen molar-refractivity contribution in [3.05, 3.63) is 115 Å². The molecule has 0 saturated heterocycles. The van der Waals surface area contributed by atoms with E-state index in [9.17, 15) is 18.0 Å². The lowest BCUT2D eigenvalue weighted by molar-refractivity contribution is -0.0696. The molecule has 0 aliphatic rings. The van der Waals surface area contributed by atoms with Gasteiger partial charge in [-0.05, 0) is 84.9 Å². The predicted molar refractivity (Wildman–Crippen MR) is 146 cm³/mol. The number of anilines is 5. The van der Waals surface area contributed by atoms with Gasteiger partial charge in [-0.1, -0.05) is 5.92 Å². The number of rotatable bonds is 6. The Balaban J connectivity index is 1.26. The van der Waals surface area contributed by atoms with Gasteiger partial charge in [0.25, 0.3) is 5.91 Å². The quantitative estimate of drug-likeness (QED) is 0.204. The Morgan fingerprint density at radius 1 is 0.718 bits per heavy atom. The van der Waals surface area contributed by atoms with Gasteiger partial charge in [0.1, 0.15) is 0 Å². The minimum absolute atomic E-state index is 0.226. The normalized spacial score (nSPS) is 10.8. The second kappa shape index (κ2) is 10.9. The summed E-state index contributed by atoms with van der Waals surface area (Å²) in [5.41, 5.74) is 5.06. The molecule has 0 fully saturated rings. The molecule has 192 valence electrons. The van der Waals surface area contributed by atoms with Gasteiger partial charge < -0.3 is 16.0 Å². The highest BCUT2D eigenvalue weighted by Crippen LogP contribution is 2.27. The van der Waals surface area contributed by atoms with E-state index in [1.54, 1.807) is 73.2 Å². The Kier molecular flexibility index (Phi) is 7.10. The number of amides is 1. The fraction of sp³-hybridized carbons (Fsp3) is 0.0333. The van der Waals surface area contributed by atoms with Crippen molar-refractivity contribution >= 4 is 45.2 Å². The number of aromatic nitrogens is 2. The minimum atomic E-state index is -4.57. The second-order valence-corrected chi connectivity index (χ2v) is 8.43. The molecule has 5 aromatic rings. The number of benzene rings is 3. The molecule has 1 amide bonds. The van der Waals surface area contributed by atoms with Crippen LogP contribution in [0.5, 0.6) is 0 Å². The lowest BCUT2D eigenvalue weighted by Crippen LogP contribution is -2.11. The van der Waals surface area contributed by atoms with Crippen molar-refractivity contribution in [1.29, 1.82) is 0 Å². The summed E-state index contributed by atoms with van der Waals surface area (Å²) in [7, 11) is 0. The Hall–Kier alpha value is -5.36. The molecule has 0 atom stereocenters. The molecule has 0 spiro atoms. The standard InChI is InChI=1S/C30H20F3N5O/c31-30(32,33)15-11-20-1-10-27-26(19-20)28(14-18-35-27)37-23-4-2-21(3-5-23)29(39)38-24-8-6-22(7-9-24)36-25-12-16-34-17-13-25/h1-10,12-14,16-19H,(H,34,36)(H,35,37)(H,38,39). The van der Waals surface area contributed by atoms with Crippen LogP contribution in [-0.4, -0.2) is 22.1 Å². The molecule has 9 heteroatoms. The van der Waals surface area contributed by atoms with E-state index in [1.165, 1.54) is 12.0 Å². The number of carbonyl (C=O) groups excluding carboxylic acids is 1. The summed E-state index contributed by atoms with van der Waals surface area (Å²) in [5, 5.41) is 9.98. The third-order valence-corrected chi connectivity index (χ3v) is 5.63. The maximum atomic E-state index is 12.7. The summed E-state index contributed by atoms with van der Waals surface area (Å²) >= 11 is 0. The summed E-state index contributed by atoms with van der Waals surface area (Å²) in [6.45, 7) is 0. The molecule has 3 N–H and O–H groups in total. The summed E-state index contributed by atoms with van der Waals surface area (Å²) < 4.78 is 37.5. The van der Waals surface area contributed by atoms with E-state index in [0.717, 1.165) is 11.4 Å². The van der Waals surface area contributed by atoms with Gasteiger partial charge in [0.05, 0.1) is 5.52 Å². The van der Waals surface area contributed by atoms with Crippen molar-refractivity contribution in [2.75, 3.05) is 16.0 Å². The molecule has 2 heterocycles. The van der Waals surface area contributed by atoms with Crippen LogP contribution in [0.4, 0.5) is 41.6 Å². The van der Waals surface area contributed by atoms with Crippen molar-refractivity contribution in [3.8, 4) is 11.8 Å². The van der Waals surface area contributed by atoms with Crippen molar-refractivity contribution in [3.63, 3.8) is 0 Å². The highest BCUT2D eigenvalue weighted by Gasteiger charge is 2.23. The van der Waals surface area contributed by atoms with Crippen LogP contribution in [0, 0.1) is 11.8 Å². The minimum Gasteiger partial charge on any atom is -0.355 e. The Morgan fingerprint density at radius 2 is 1.36 bits per heavy atom. The number of nitrogens with one attached hydrogen (secondary N) is 3. The number of carbonyl (C=O) groups is 1. The molecule has 6 nitrogen and oxygen atoms in total. The first kappa shape index (κ1) is 25.3. The monoisotopic (exact) mass is 523 g/mol. The fourth-order valence-electron chi connectivity index (χ4n) is 3.78. The van der Waals surface area contributed by atoms with Crippen molar-refractivity contribution in [2.24, 2.45) is 0 Å². The molecule has 0 aliphatic carbocycles. The van der Waals surface area contributed by atoms with Gasteiger partial charge in [-0.25, -0.2) is 0 Å². The number of hydrogen-bond donors (Lipinski definition) is 3. The van der Waals surface area contributed by atoms with Crippen LogP contribution in [0.25, 0.3) is 10.9 Å². The lowest BCUT2D eigenvalue weighted by Gasteiger charge is -2.11.